The van der Waals surface area contributed by atoms with Gasteiger partial charge >= 0.3 is 5.97 Å². The summed E-state index contributed by atoms with van der Waals surface area (Å²) in [7, 11) is 0. The first-order chi connectivity index (χ1) is 10.7. The summed E-state index contributed by atoms with van der Waals surface area (Å²) < 4.78 is 10.8. The molecular weight excluding hydrogens is 284 g/mol. The van der Waals surface area contributed by atoms with Gasteiger partial charge in [0.2, 0.25) is 0 Å². The summed E-state index contributed by atoms with van der Waals surface area (Å²) in [6.45, 7) is 2.25. The van der Waals surface area contributed by atoms with E-state index in [-0.39, 0.29) is 6.61 Å². The smallest absolute Gasteiger partial charge is 0.341 e. The van der Waals surface area contributed by atoms with Crippen LogP contribution in [0.5, 0.6) is 11.5 Å². The van der Waals surface area contributed by atoms with Crippen LogP contribution in [0.2, 0.25) is 0 Å². The summed E-state index contributed by atoms with van der Waals surface area (Å²) in [4.78, 5) is 10.5. The van der Waals surface area contributed by atoms with E-state index in [0.717, 1.165) is 12.8 Å². The highest BCUT2D eigenvalue weighted by molar-refractivity contribution is 5.68. The van der Waals surface area contributed by atoms with Crippen LogP contribution in [0.1, 0.15) is 51.0 Å². The maximum absolute atomic E-state index is 10.5. The maximum atomic E-state index is 10.5. The van der Waals surface area contributed by atoms with E-state index in [2.05, 4.69) is 6.92 Å². The van der Waals surface area contributed by atoms with E-state index < -0.39 is 12.6 Å². The van der Waals surface area contributed by atoms with Gasteiger partial charge in [0.25, 0.3) is 0 Å². The van der Waals surface area contributed by atoms with Gasteiger partial charge in [-0.3, -0.25) is 0 Å². The van der Waals surface area contributed by atoms with Crippen LogP contribution < -0.4 is 9.47 Å². The number of rotatable bonds is 12. The second-order valence-electron chi connectivity index (χ2n) is 5.27. The number of carbonyl (C=O) groups is 1. The lowest BCUT2D eigenvalue weighted by Gasteiger charge is -2.11. The Labute approximate surface area is 131 Å². The van der Waals surface area contributed by atoms with Gasteiger partial charge in [-0.1, -0.05) is 39.0 Å². The normalized spacial score (nSPS) is 10.5. The Kier molecular flexibility index (Phi) is 9.07. The van der Waals surface area contributed by atoms with Gasteiger partial charge in [-0.2, -0.15) is 0 Å². The zero-order chi connectivity index (χ0) is 16.2. The van der Waals surface area contributed by atoms with Gasteiger partial charge in [0.05, 0.1) is 13.2 Å². The molecule has 0 aliphatic heterocycles. The third-order valence-electron chi connectivity index (χ3n) is 3.25. The lowest BCUT2D eigenvalue weighted by atomic mass is 10.1. The fourth-order valence-electron chi connectivity index (χ4n) is 2.11. The molecule has 0 saturated carbocycles. The fraction of sp³-hybridized carbons (Fsp3) is 0.588. The number of aliphatic hydroxyl groups excluding tert-OH is 1. The molecule has 0 aliphatic carbocycles. The number of ether oxygens (including phenoxy) is 2. The number of unbranched alkanes of at least 4 members (excludes halogenated alkanes) is 5. The van der Waals surface area contributed by atoms with Crippen LogP contribution >= 0.6 is 0 Å². The van der Waals surface area contributed by atoms with E-state index in [1.807, 2.05) is 0 Å². The number of hydrogen-bond donors (Lipinski definition) is 2. The first-order valence-corrected chi connectivity index (χ1v) is 7.88. The number of aliphatic carboxylic acids is 1. The van der Waals surface area contributed by atoms with Gasteiger partial charge in [-0.05, 0) is 24.1 Å². The Balaban J connectivity index is 2.41. The molecule has 22 heavy (non-hydrogen) atoms. The van der Waals surface area contributed by atoms with Crippen molar-refractivity contribution >= 4 is 5.97 Å². The van der Waals surface area contributed by atoms with Gasteiger partial charge in [0.1, 0.15) is 11.5 Å². The molecule has 5 heteroatoms. The highest BCUT2D eigenvalue weighted by Gasteiger charge is 2.05. The molecule has 0 atom stereocenters. The minimum Gasteiger partial charge on any atom is -0.493 e. The molecule has 0 aromatic heterocycles. The Morgan fingerprint density at radius 3 is 2.27 bits per heavy atom. The van der Waals surface area contributed by atoms with Gasteiger partial charge in [0, 0.05) is 6.07 Å². The number of carboxylic acid groups (broad SMARTS) is 1. The Morgan fingerprint density at radius 2 is 1.64 bits per heavy atom. The van der Waals surface area contributed by atoms with E-state index in [0.29, 0.717) is 23.7 Å². The van der Waals surface area contributed by atoms with E-state index in [1.165, 1.54) is 25.7 Å². The van der Waals surface area contributed by atoms with Crippen LogP contribution in [0.3, 0.4) is 0 Å². The first kappa shape index (κ1) is 18.3. The number of aliphatic hydroxyl groups is 1. The molecule has 0 bridgehead atoms. The number of benzene rings is 1. The lowest BCUT2D eigenvalue weighted by Crippen LogP contribution is -2.09. The highest BCUT2D eigenvalue weighted by Crippen LogP contribution is 2.23. The molecule has 0 radical (unpaired) electrons. The van der Waals surface area contributed by atoms with Crippen molar-refractivity contribution < 1.29 is 24.5 Å². The Bertz CT molecular complexity index is 445. The second kappa shape index (κ2) is 10.9. The summed E-state index contributed by atoms with van der Waals surface area (Å²) in [5.74, 6) is -0.0451. The summed E-state index contributed by atoms with van der Waals surface area (Å²) in [6, 6.07) is 5.00. The van der Waals surface area contributed by atoms with E-state index in [9.17, 15) is 9.90 Å². The average Bonchev–Trinajstić information content (AvgIpc) is 2.52. The van der Waals surface area contributed by atoms with Crippen LogP contribution in [-0.2, 0) is 11.4 Å². The zero-order valence-electron chi connectivity index (χ0n) is 13.2. The van der Waals surface area contributed by atoms with Crippen molar-refractivity contribution in [1.82, 2.24) is 0 Å². The Hall–Kier alpha value is -1.75. The van der Waals surface area contributed by atoms with Gasteiger partial charge in [-0.25, -0.2) is 4.79 Å². The van der Waals surface area contributed by atoms with Crippen LogP contribution in [0.15, 0.2) is 18.2 Å². The van der Waals surface area contributed by atoms with Crippen molar-refractivity contribution in [2.24, 2.45) is 0 Å². The summed E-state index contributed by atoms with van der Waals surface area (Å²) in [5.41, 5.74) is 0.640. The maximum Gasteiger partial charge on any atom is 0.341 e. The topological polar surface area (TPSA) is 76.0 Å². The third kappa shape index (κ3) is 7.88. The van der Waals surface area contributed by atoms with Crippen molar-refractivity contribution in [2.75, 3.05) is 13.2 Å². The molecule has 0 heterocycles. The van der Waals surface area contributed by atoms with E-state index >= 15 is 0 Å². The summed E-state index contributed by atoms with van der Waals surface area (Å²) in [6.07, 6.45) is 7.14. The molecule has 0 fully saturated rings. The molecule has 124 valence electrons. The van der Waals surface area contributed by atoms with Crippen molar-refractivity contribution in [2.45, 2.75) is 52.1 Å². The van der Waals surface area contributed by atoms with Crippen molar-refractivity contribution in [1.29, 1.82) is 0 Å². The molecule has 2 N–H and O–H groups in total. The molecule has 0 unspecified atom stereocenters. The zero-order valence-corrected chi connectivity index (χ0v) is 13.2. The average molecular weight is 310 g/mol. The minimum absolute atomic E-state index is 0.141. The van der Waals surface area contributed by atoms with Crippen LogP contribution in [0, 0.1) is 0 Å². The van der Waals surface area contributed by atoms with Crippen molar-refractivity contribution in [3.8, 4) is 11.5 Å². The standard InChI is InChI=1S/C17H26O5/c1-2-3-4-5-6-7-8-21-15-9-14(12-18)10-16(11-15)22-13-17(19)20/h9-11,18H,2-8,12-13H2,1H3,(H,19,20). The lowest BCUT2D eigenvalue weighted by molar-refractivity contribution is -0.139. The molecule has 0 spiro atoms. The van der Waals surface area contributed by atoms with Gasteiger partial charge in [-0.15, -0.1) is 0 Å². The number of carboxylic acids is 1. The molecule has 5 nitrogen and oxygen atoms in total. The number of hydrogen-bond acceptors (Lipinski definition) is 4. The van der Waals surface area contributed by atoms with Crippen LogP contribution in [0.4, 0.5) is 0 Å². The molecule has 0 saturated heterocycles. The predicted octanol–water partition coefficient (Wildman–Crippen LogP) is 3.38. The molecule has 1 rings (SSSR count). The summed E-state index contributed by atoms with van der Waals surface area (Å²) in [5, 5.41) is 17.9. The highest BCUT2D eigenvalue weighted by atomic mass is 16.5. The van der Waals surface area contributed by atoms with Crippen LogP contribution in [-0.4, -0.2) is 29.4 Å². The monoisotopic (exact) mass is 310 g/mol. The third-order valence-corrected chi connectivity index (χ3v) is 3.25. The molecular formula is C17H26O5. The molecule has 1 aromatic carbocycles. The fourth-order valence-corrected chi connectivity index (χ4v) is 2.11. The molecule has 0 amide bonds. The first-order valence-electron chi connectivity index (χ1n) is 7.88. The Morgan fingerprint density at radius 1 is 1.00 bits per heavy atom. The largest absolute Gasteiger partial charge is 0.493 e. The molecule has 0 aliphatic rings. The van der Waals surface area contributed by atoms with E-state index in [1.54, 1.807) is 18.2 Å². The van der Waals surface area contributed by atoms with E-state index in [4.69, 9.17) is 14.6 Å². The quantitative estimate of drug-likeness (QED) is 0.579. The van der Waals surface area contributed by atoms with Crippen LogP contribution in [0.25, 0.3) is 0 Å². The predicted molar refractivity (Wildman–Crippen MR) is 84.4 cm³/mol. The van der Waals surface area contributed by atoms with Crippen molar-refractivity contribution in [3.63, 3.8) is 0 Å². The summed E-state index contributed by atoms with van der Waals surface area (Å²) >= 11 is 0. The van der Waals surface area contributed by atoms with Gasteiger partial charge in [0.15, 0.2) is 6.61 Å². The van der Waals surface area contributed by atoms with Gasteiger partial charge < -0.3 is 19.7 Å². The van der Waals surface area contributed by atoms with Crippen molar-refractivity contribution in [3.05, 3.63) is 23.8 Å². The second-order valence-corrected chi connectivity index (χ2v) is 5.27. The SMILES string of the molecule is CCCCCCCCOc1cc(CO)cc(OCC(=O)O)c1. The molecule has 1 aromatic rings. The minimum atomic E-state index is -1.04.